The molecule has 0 saturated carbocycles. The highest BCUT2D eigenvalue weighted by atomic mass is 79.9. The summed E-state index contributed by atoms with van der Waals surface area (Å²) in [4.78, 5) is 0. The van der Waals surface area contributed by atoms with Crippen molar-refractivity contribution in [2.24, 2.45) is 5.41 Å². The maximum atomic E-state index is 3.01. The highest BCUT2D eigenvalue weighted by molar-refractivity contribution is 8.93. The van der Waals surface area contributed by atoms with E-state index in [0.29, 0.717) is 0 Å². The molecule has 0 fully saturated rings. The Balaban J connectivity index is 0.00000225. The molecule has 130 valence electrons. The van der Waals surface area contributed by atoms with Crippen molar-refractivity contribution in [1.82, 2.24) is 0 Å². The van der Waals surface area contributed by atoms with Crippen LogP contribution in [0.2, 0.25) is 0 Å². The number of hydrogen-bond donors (Lipinski definition) is 0. The fourth-order valence-electron chi connectivity index (χ4n) is 3.49. The van der Waals surface area contributed by atoms with E-state index in [1.807, 2.05) is 0 Å². The van der Waals surface area contributed by atoms with Crippen LogP contribution in [0.3, 0.4) is 0 Å². The van der Waals surface area contributed by atoms with Crippen molar-refractivity contribution in [3.8, 4) is 0 Å². The van der Waals surface area contributed by atoms with Gasteiger partial charge in [-0.3, -0.25) is 0 Å². The summed E-state index contributed by atoms with van der Waals surface area (Å²) in [5.41, 5.74) is 4.49. The molecule has 0 bridgehead atoms. The first-order valence-corrected chi connectivity index (χ1v) is 9.43. The SMILES string of the molecule is Br.PCC(Cc1ccccc1)(Cc1ccccc1)Cc1ccccc1. The van der Waals surface area contributed by atoms with Crippen LogP contribution in [0.25, 0.3) is 0 Å². The molecular formula is C23H26BrP. The molecule has 0 aliphatic heterocycles. The van der Waals surface area contributed by atoms with Gasteiger partial charge >= 0.3 is 0 Å². The van der Waals surface area contributed by atoms with Gasteiger partial charge < -0.3 is 0 Å². The van der Waals surface area contributed by atoms with Gasteiger partial charge in [-0.05, 0) is 47.5 Å². The van der Waals surface area contributed by atoms with E-state index in [4.69, 9.17) is 0 Å². The summed E-state index contributed by atoms with van der Waals surface area (Å²) in [5.74, 6) is 0. The molecule has 0 aliphatic carbocycles. The van der Waals surface area contributed by atoms with Crippen molar-refractivity contribution in [2.45, 2.75) is 19.3 Å². The van der Waals surface area contributed by atoms with Crippen LogP contribution in [-0.4, -0.2) is 6.16 Å². The van der Waals surface area contributed by atoms with Gasteiger partial charge in [0.25, 0.3) is 0 Å². The molecule has 0 saturated heterocycles. The second-order valence-corrected chi connectivity index (χ2v) is 7.10. The molecule has 2 heteroatoms. The van der Waals surface area contributed by atoms with Crippen LogP contribution in [0, 0.1) is 5.41 Å². The summed E-state index contributed by atoms with van der Waals surface area (Å²) in [7, 11) is 3.01. The van der Waals surface area contributed by atoms with Gasteiger partial charge in [0.2, 0.25) is 0 Å². The lowest BCUT2D eigenvalue weighted by atomic mass is 9.74. The minimum Gasteiger partial charge on any atom is -0.137 e. The van der Waals surface area contributed by atoms with Crippen LogP contribution in [-0.2, 0) is 19.3 Å². The molecule has 1 atom stereocenters. The molecule has 1 unspecified atom stereocenters. The molecule has 3 aromatic rings. The van der Waals surface area contributed by atoms with Crippen molar-refractivity contribution >= 4 is 26.2 Å². The highest BCUT2D eigenvalue weighted by Gasteiger charge is 2.29. The van der Waals surface area contributed by atoms with Gasteiger partial charge in [-0.1, -0.05) is 91.0 Å². The van der Waals surface area contributed by atoms with E-state index in [9.17, 15) is 0 Å². The van der Waals surface area contributed by atoms with Crippen LogP contribution in [0.5, 0.6) is 0 Å². The second-order valence-electron chi connectivity index (χ2n) is 6.69. The average Bonchev–Trinajstić information content (AvgIpc) is 2.64. The Morgan fingerprint density at radius 2 is 0.800 bits per heavy atom. The first-order chi connectivity index (χ1) is 11.8. The lowest BCUT2D eigenvalue weighted by Gasteiger charge is -2.34. The van der Waals surface area contributed by atoms with Crippen LogP contribution < -0.4 is 0 Å². The van der Waals surface area contributed by atoms with Gasteiger partial charge in [-0.2, -0.15) is 0 Å². The van der Waals surface area contributed by atoms with Crippen molar-refractivity contribution in [1.29, 1.82) is 0 Å². The summed E-state index contributed by atoms with van der Waals surface area (Å²) in [6, 6.07) is 32.7. The molecular weight excluding hydrogens is 387 g/mol. The molecule has 3 aromatic carbocycles. The van der Waals surface area contributed by atoms with E-state index in [1.165, 1.54) is 16.7 Å². The standard InChI is InChI=1S/C23H25P.BrH/c24-19-23(16-20-10-4-1-5-11-20,17-21-12-6-2-7-13-21)18-22-14-8-3-9-15-22;/h1-15H,16-19,24H2;1H. The van der Waals surface area contributed by atoms with Gasteiger partial charge in [0.05, 0.1) is 0 Å². The predicted molar refractivity (Wildman–Crippen MR) is 118 cm³/mol. The molecule has 0 amide bonds. The van der Waals surface area contributed by atoms with Gasteiger partial charge in [-0.25, -0.2) is 0 Å². The largest absolute Gasteiger partial charge is 0.137 e. The zero-order chi connectivity index (χ0) is 16.7. The fraction of sp³-hybridized carbons (Fsp3) is 0.217. The van der Waals surface area contributed by atoms with E-state index in [1.54, 1.807) is 0 Å². The molecule has 0 spiro atoms. The smallest absolute Gasteiger partial charge is 0.0142 e. The Bertz CT molecular complexity index is 624. The third-order valence-corrected chi connectivity index (χ3v) is 5.56. The molecule has 0 N–H and O–H groups in total. The summed E-state index contributed by atoms with van der Waals surface area (Å²) < 4.78 is 0. The van der Waals surface area contributed by atoms with Crippen molar-refractivity contribution in [3.05, 3.63) is 108 Å². The Kier molecular flexibility index (Phi) is 7.88. The molecule has 0 heterocycles. The summed E-state index contributed by atoms with van der Waals surface area (Å²) in [5, 5.41) is 0. The van der Waals surface area contributed by atoms with Crippen molar-refractivity contribution < 1.29 is 0 Å². The molecule has 3 rings (SSSR count). The lowest BCUT2D eigenvalue weighted by molar-refractivity contribution is 0.324. The van der Waals surface area contributed by atoms with Gasteiger partial charge in [-0.15, -0.1) is 26.2 Å². The predicted octanol–water partition coefficient (Wildman–Crippen LogP) is 6.15. The highest BCUT2D eigenvalue weighted by Crippen LogP contribution is 2.34. The quantitative estimate of drug-likeness (QED) is 0.408. The molecule has 0 aromatic heterocycles. The zero-order valence-electron chi connectivity index (χ0n) is 14.5. The summed E-state index contributed by atoms with van der Waals surface area (Å²) >= 11 is 0. The lowest BCUT2D eigenvalue weighted by Crippen LogP contribution is -2.31. The molecule has 0 nitrogen and oxygen atoms in total. The van der Waals surface area contributed by atoms with E-state index in [-0.39, 0.29) is 22.4 Å². The monoisotopic (exact) mass is 412 g/mol. The Labute approximate surface area is 164 Å². The average molecular weight is 413 g/mol. The maximum absolute atomic E-state index is 3.01. The third kappa shape index (κ3) is 5.80. The van der Waals surface area contributed by atoms with Gasteiger partial charge in [0.15, 0.2) is 0 Å². The van der Waals surface area contributed by atoms with Crippen molar-refractivity contribution in [3.63, 3.8) is 0 Å². The summed E-state index contributed by atoms with van der Waals surface area (Å²) in [6.45, 7) is 0. The number of hydrogen-bond acceptors (Lipinski definition) is 0. The Morgan fingerprint density at radius 3 is 1.04 bits per heavy atom. The van der Waals surface area contributed by atoms with Crippen LogP contribution in [0.1, 0.15) is 16.7 Å². The topological polar surface area (TPSA) is 0 Å². The first-order valence-electron chi connectivity index (χ1n) is 8.62. The maximum Gasteiger partial charge on any atom is -0.0142 e. The first kappa shape index (κ1) is 19.9. The summed E-state index contributed by atoms with van der Waals surface area (Å²) in [6.07, 6.45) is 4.38. The molecule has 0 radical (unpaired) electrons. The fourth-order valence-corrected chi connectivity index (χ4v) is 3.92. The third-order valence-electron chi connectivity index (χ3n) is 4.70. The van der Waals surface area contributed by atoms with Gasteiger partial charge in [0.1, 0.15) is 0 Å². The van der Waals surface area contributed by atoms with Crippen molar-refractivity contribution in [2.75, 3.05) is 6.16 Å². The van der Waals surface area contributed by atoms with Gasteiger partial charge in [0, 0.05) is 0 Å². The van der Waals surface area contributed by atoms with E-state index >= 15 is 0 Å². The number of benzene rings is 3. The Hall–Kier alpha value is -1.43. The Morgan fingerprint density at radius 1 is 0.520 bits per heavy atom. The van der Waals surface area contributed by atoms with E-state index < -0.39 is 0 Å². The number of halogens is 1. The minimum atomic E-state index is 0. The second kappa shape index (κ2) is 9.90. The zero-order valence-corrected chi connectivity index (χ0v) is 17.3. The minimum absolute atomic E-state index is 0. The number of rotatable bonds is 7. The normalized spacial score (nSPS) is 10.9. The van der Waals surface area contributed by atoms with E-state index in [2.05, 4.69) is 100 Å². The van der Waals surface area contributed by atoms with Crippen LogP contribution in [0.4, 0.5) is 0 Å². The van der Waals surface area contributed by atoms with Crippen LogP contribution >= 0.6 is 26.2 Å². The molecule has 25 heavy (non-hydrogen) atoms. The van der Waals surface area contributed by atoms with Crippen LogP contribution in [0.15, 0.2) is 91.0 Å². The molecule has 0 aliphatic rings. The van der Waals surface area contributed by atoms with E-state index in [0.717, 1.165) is 25.4 Å².